The van der Waals surface area contributed by atoms with Gasteiger partial charge in [0.25, 0.3) is 0 Å². The van der Waals surface area contributed by atoms with Crippen LogP contribution < -0.4 is 16.2 Å². The molecule has 0 radical (unpaired) electrons. The molecule has 2 aliphatic heterocycles. The Labute approximate surface area is 185 Å². The van der Waals surface area contributed by atoms with Gasteiger partial charge in [0.2, 0.25) is 0 Å². The molecular formula is C22H28F3N5O2. The Morgan fingerprint density at radius 1 is 1.28 bits per heavy atom. The zero-order valence-electron chi connectivity index (χ0n) is 17.8. The Kier molecular flexibility index (Phi) is 7.70. The molecule has 174 valence electrons. The number of methoxy groups -OCH3 is 1. The Bertz CT molecular complexity index is 907. The van der Waals surface area contributed by atoms with E-state index in [9.17, 15) is 13.2 Å². The summed E-state index contributed by atoms with van der Waals surface area (Å²) in [6, 6.07) is 8.07. The van der Waals surface area contributed by atoms with Crippen molar-refractivity contribution in [1.29, 1.82) is 5.41 Å². The first-order chi connectivity index (χ1) is 15.2. The number of nitrogens with zero attached hydrogens (tertiary/aromatic N) is 2. The van der Waals surface area contributed by atoms with Crippen molar-refractivity contribution in [3.05, 3.63) is 53.8 Å². The van der Waals surface area contributed by atoms with Gasteiger partial charge in [-0.1, -0.05) is 24.3 Å². The van der Waals surface area contributed by atoms with Gasteiger partial charge < -0.3 is 15.2 Å². The number of fused-ring (bicyclic) bond motifs is 1. The number of para-hydroxylation sites is 1. The molecule has 0 spiro atoms. The van der Waals surface area contributed by atoms with E-state index in [0.29, 0.717) is 18.0 Å². The average Bonchev–Trinajstić information content (AvgIpc) is 2.76. The van der Waals surface area contributed by atoms with Crippen LogP contribution in [0.2, 0.25) is 0 Å². The lowest BCUT2D eigenvalue weighted by Gasteiger charge is -2.42. The van der Waals surface area contributed by atoms with Crippen LogP contribution in [0.3, 0.4) is 0 Å². The fraction of sp³-hybridized carbons (Fsp3) is 0.455. The van der Waals surface area contributed by atoms with Crippen LogP contribution in [-0.2, 0) is 4.74 Å². The van der Waals surface area contributed by atoms with E-state index in [-0.39, 0.29) is 23.9 Å². The van der Waals surface area contributed by atoms with Crippen molar-refractivity contribution in [3.8, 4) is 5.75 Å². The molecule has 1 fully saturated rings. The Hall–Kier alpha value is -2.69. The van der Waals surface area contributed by atoms with E-state index in [1.54, 1.807) is 13.2 Å². The lowest BCUT2D eigenvalue weighted by molar-refractivity contribution is -0.122. The number of halogens is 3. The van der Waals surface area contributed by atoms with E-state index < -0.39 is 6.30 Å². The normalized spacial score (nSPS) is 27.2. The van der Waals surface area contributed by atoms with E-state index in [2.05, 4.69) is 16.7 Å². The van der Waals surface area contributed by atoms with E-state index >= 15 is 0 Å². The van der Waals surface area contributed by atoms with Crippen LogP contribution >= 0.6 is 0 Å². The van der Waals surface area contributed by atoms with Gasteiger partial charge in [0.1, 0.15) is 18.1 Å². The zero-order chi connectivity index (χ0) is 23.3. The Morgan fingerprint density at radius 3 is 2.72 bits per heavy atom. The maximum absolute atomic E-state index is 10.1. The third-order valence-corrected chi connectivity index (χ3v) is 5.58. The van der Waals surface area contributed by atoms with Crippen molar-refractivity contribution in [2.45, 2.75) is 37.3 Å². The van der Waals surface area contributed by atoms with Gasteiger partial charge in [-0.3, -0.25) is 15.3 Å². The van der Waals surface area contributed by atoms with Gasteiger partial charge in [-0.25, -0.2) is 5.73 Å². The van der Waals surface area contributed by atoms with Gasteiger partial charge in [0.15, 0.2) is 0 Å². The molecular weight excluding hydrogens is 423 g/mol. The molecule has 10 heteroatoms. The summed E-state index contributed by atoms with van der Waals surface area (Å²) < 4.78 is 42.1. The number of aliphatic imine (C=N–C) groups is 1. The predicted octanol–water partition coefficient (Wildman–Crippen LogP) is 2.94. The summed E-state index contributed by atoms with van der Waals surface area (Å²) in [6.07, 6.45) is 3.40. The highest BCUT2D eigenvalue weighted by molar-refractivity contribution is 6.51. The van der Waals surface area contributed by atoms with E-state index in [1.165, 1.54) is 0 Å². The van der Waals surface area contributed by atoms with E-state index in [4.69, 9.17) is 25.6 Å². The van der Waals surface area contributed by atoms with Gasteiger partial charge in [-0.05, 0) is 37.6 Å². The first-order valence-electron chi connectivity index (χ1n) is 10.3. The molecule has 0 bridgehead atoms. The quantitative estimate of drug-likeness (QED) is 0.484. The first kappa shape index (κ1) is 24.0. The second kappa shape index (κ2) is 10.3. The molecule has 1 saturated heterocycles. The van der Waals surface area contributed by atoms with Crippen molar-refractivity contribution < 1.29 is 22.6 Å². The minimum absolute atomic E-state index is 0.101. The molecule has 0 aromatic heterocycles. The molecule has 0 amide bonds. The second-order valence-electron chi connectivity index (χ2n) is 7.77. The van der Waals surface area contributed by atoms with Gasteiger partial charge >= 0.3 is 6.30 Å². The topological polar surface area (TPSA) is 110 Å². The van der Waals surface area contributed by atoms with Gasteiger partial charge in [0, 0.05) is 19.2 Å². The summed E-state index contributed by atoms with van der Waals surface area (Å²) in [5.41, 5.74) is 11.7. The number of likely N-dealkylation sites (tertiary alicyclic amines) is 1. The van der Waals surface area contributed by atoms with E-state index in [1.807, 2.05) is 30.4 Å². The fourth-order valence-electron chi connectivity index (χ4n) is 4.07. The molecule has 7 nitrogen and oxygen atoms in total. The lowest BCUT2D eigenvalue weighted by atomic mass is 9.93. The SMILES string of the molecule is COC1CCCN(C2COc3ccccc3C2N=C2C=CC=C(N)C2=N)C1.NC(F)(F)F. The summed E-state index contributed by atoms with van der Waals surface area (Å²) in [5, 5.41) is 8.29. The fourth-order valence-corrected chi connectivity index (χ4v) is 4.07. The van der Waals surface area contributed by atoms with Gasteiger partial charge in [-0.2, -0.15) is 13.2 Å². The molecule has 1 aromatic carbocycles. The summed E-state index contributed by atoms with van der Waals surface area (Å²) in [5.74, 6) is 0.873. The van der Waals surface area contributed by atoms with Crippen LogP contribution in [0.4, 0.5) is 13.2 Å². The maximum Gasteiger partial charge on any atom is 0.454 e. The number of nitrogens with two attached hydrogens (primary N) is 2. The molecule has 1 aliphatic carbocycles. The second-order valence-corrected chi connectivity index (χ2v) is 7.77. The first-order valence-corrected chi connectivity index (χ1v) is 10.3. The summed E-state index contributed by atoms with van der Waals surface area (Å²) >= 11 is 0. The zero-order valence-corrected chi connectivity index (χ0v) is 17.8. The monoisotopic (exact) mass is 451 g/mol. The number of ether oxygens (including phenoxy) is 2. The van der Waals surface area contributed by atoms with Gasteiger partial charge in [0.05, 0.1) is 29.6 Å². The predicted molar refractivity (Wildman–Crippen MR) is 117 cm³/mol. The minimum Gasteiger partial charge on any atom is -0.491 e. The van der Waals surface area contributed by atoms with Crippen molar-refractivity contribution in [2.24, 2.45) is 16.5 Å². The number of rotatable bonds is 3. The van der Waals surface area contributed by atoms with Crippen LogP contribution in [0.5, 0.6) is 5.75 Å². The Morgan fingerprint density at radius 2 is 2.00 bits per heavy atom. The third-order valence-electron chi connectivity index (χ3n) is 5.58. The van der Waals surface area contributed by atoms with Crippen molar-refractivity contribution in [3.63, 3.8) is 0 Å². The smallest absolute Gasteiger partial charge is 0.454 e. The molecule has 3 unspecified atom stereocenters. The number of piperidine rings is 1. The van der Waals surface area contributed by atoms with Crippen LogP contribution in [0.15, 0.2) is 53.2 Å². The molecule has 2 heterocycles. The summed E-state index contributed by atoms with van der Waals surface area (Å²) in [4.78, 5) is 7.43. The summed E-state index contributed by atoms with van der Waals surface area (Å²) in [6.45, 7) is 2.47. The number of benzene rings is 1. The van der Waals surface area contributed by atoms with Crippen LogP contribution in [0.25, 0.3) is 0 Å². The standard InChI is InChI=1S/C21H26N4O2.CH2F3N/c1-26-14-6-5-11-25(12-14)18-13-27-19-10-3-2-7-15(19)21(18)24-17-9-4-8-16(22)20(17)23;2-1(3,4)5/h2-4,7-10,14,18,21,23H,5-6,11-13,22H2,1H3;5H2. The van der Waals surface area contributed by atoms with Crippen LogP contribution in [-0.4, -0.2) is 61.6 Å². The number of hydrogen-bond donors (Lipinski definition) is 3. The molecule has 0 saturated carbocycles. The number of hydrogen-bond acceptors (Lipinski definition) is 7. The van der Waals surface area contributed by atoms with Crippen molar-refractivity contribution >= 4 is 11.4 Å². The molecule has 5 N–H and O–H groups in total. The molecule has 1 aromatic rings. The largest absolute Gasteiger partial charge is 0.491 e. The lowest BCUT2D eigenvalue weighted by Crippen LogP contribution is -2.51. The summed E-state index contributed by atoms with van der Waals surface area (Å²) in [7, 11) is 1.78. The molecule has 32 heavy (non-hydrogen) atoms. The van der Waals surface area contributed by atoms with Crippen molar-refractivity contribution in [2.75, 3.05) is 26.8 Å². The van der Waals surface area contributed by atoms with Crippen LogP contribution in [0.1, 0.15) is 24.4 Å². The minimum atomic E-state index is -4.50. The highest BCUT2D eigenvalue weighted by atomic mass is 19.4. The maximum atomic E-state index is 10.1. The van der Waals surface area contributed by atoms with Crippen LogP contribution in [0, 0.1) is 5.41 Å². The highest BCUT2D eigenvalue weighted by Crippen LogP contribution is 2.38. The molecule has 3 aliphatic rings. The third kappa shape index (κ3) is 6.18. The number of nitrogens with one attached hydrogen (secondary N) is 1. The highest BCUT2D eigenvalue weighted by Gasteiger charge is 2.37. The van der Waals surface area contributed by atoms with Gasteiger partial charge in [-0.15, -0.1) is 0 Å². The number of alkyl halides is 3. The average molecular weight is 451 g/mol. The Balaban J connectivity index is 0.000000523. The molecule has 3 atom stereocenters. The van der Waals surface area contributed by atoms with Crippen molar-refractivity contribution in [1.82, 2.24) is 4.90 Å². The number of allylic oxidation sites excluding steroid dienone is 4. The molecule has 4 rings (SSSR count). The van der Waals surface area contributed by atoms with E-state index in [0.717, 1.165) is 37.2 Å².